The van der Waals surface area contributed by atoms with Gasteiger partial charge >= 0.3 is 0 Å². The van der Waals surface area contributed by atoms with Gasteiger partial charge in [0.15, 0.2) is 5.36 Å². The van der Waals surface area contributed by atoms with Gasteiger partial charge in [0.1, 0.15) is 0 Å². The molecule has 4 heteroatoms. The maximum atomic E-state index is 12.3. The van der Waals surface area contributed by atoms with Gasteiger partial charge in [0.2, 0.25) is 5.43 Å². The van der Waals surface area contributed by atoms with Crippen LogP contribution in [-0.4, -0.2) is 5.21 Å². The SMILES string of the molecule is O=c1/c(=N\O)c2ccccc2sc2ccccc12. The fraction of sp³-hybridized carbons (Fsp3) is 0. The summed E-state index contributed by atoms with van der Waals surface area (Å²) in [6, 6.07) is 14.8. The van der Waals surface area contributed by atoms with Crippen molar-refractivity contribution in [2.75, 3.05) is 0 Å². The Kier molecular flexibility index (Phi) is 2.57. The van der Waals surface area contributed by atoms with Crippen molar-refractivity contribution in [2.24, 2.45) is 5.16 Å². The minimum absolute atomic E-state index is 0.100. The van der Waals surface area contributed by atoms with Crippen molar-refractivity contribution in [3.05, 3.63) is 64.1 Å². The zero-order chi connectivity index (χ0) is 12.5. The topological polar surface area (TPSA) is 49.7 Å². The highest BCUT2D eigenvalue weighted by atomic mass is 32.1. The molecule has 3 aromatic rings. The molecule has 2 aromatic carbocycles. The monoisotopic (exact) mass is 255 g/mol. The fourth-order valence-electron chi connectivity index (χ4n) is 1.96. The smallest absolute Gasteiger partial charge is 0.216 e. The molecule has 0 radical (unpaired) electrons. The Morgan fingerprint density at radius 2 is 1.44 bits per heavy atom. The van der Waals surface area contributed by atoms with E-state index in [4.69, 9.17) is 5.21 Å². The van der Waals surface area contributed by atoms with E-state index in [0.29, 0.717) is 10.8 Å². The van der Waals surface area contributed by atoms with Gasteiger partial charge in [0, 0.05) is 20.2 Å². The summed E-state index contributed by atoms with van der Waals surface area (Å²) in [7, 11) is 0. The summed E-state index contributed by atoms with van der Waals surface area (Å²) in [5.41, 5.74) is -0.245. The number of hydrogen-bond acceptors (Lipinski definition) is 4. The van der Waals surface area contributed by atoms with Crippen LogP contribution in [0.15, 0.2) is 58.5 Å². The zero-order valence-electron chi connectivity index (χ0n) is 9.33. The molecule has 0 bridgehead atoms. The molecule has 0 aliphatic rings. The van der Waals surface area contributed by atoms with Crippen LogP contribution in [0.5, 0.6) is 0 Å². The van der Waals surface area contributed by atoms with Gasteiger partial charge in [-0.15, -0.1) is 11.3 Å². The summed E-state index contributed by atoms with van der Waals surface area (Å²) >= 11 is 1.51. The lowest BCUT2D eigenvalue weighted by atomic mass is 10.2. The molecule has 1 heterocycles. The molecule has 0 aliphatic carbocycles. The zero-order valence-corrected chi connectivity index (χ0v) is 10.1. The number of benzene rings is 2. The van der Waals surface area contributed by atoms with Crippen LogP contribution in [0.1, 0.15) is 0 Å². The quantitative estimate of drug-likeness (QED) is 0.496. The van der Waals surface area contributed by atoms with Crippen LogP contribution >= 0.6 is 11.3 Å². The van der Waals surface area contributed by atoms with Crippen molar-refractivity contribution < 1.29 is 5.21 Å². The van der Waals surface area contributed by atoms with Gasteiger partial charge in [-0.05, 0) is 18.2 Å². The number of nitrogens with zero attached hydrogens (tertiary/aromatic N) is 1. The largest absolute Gasteiger partial charge is 0.410 e. The van der Waals surface area contributed by atoms with Gasteiger partial charge in [-0.3, -0.25) is 4.79 Å². The van der Waals surface area contributed by atoms with Crippen LogP contribution in [0.2, 0.25) is 0 Å². The number of fused-ring (bicyclic) bond motifs is 2. The van der Waals surface area contributed by atoms with Gasteiger partial charge < -0.3 is 5.21 Å². The highest BCUT2D eigenvalue weighted by Crippen LogP contribution is 2.20. The number of rotatable bonds is 0. The predicted octanol–water partition coefficient (Wildman–Crippen LogP) is 2.70. The molecule has 88 valence electrons. The van der Waals surface area contributed by atoms with Crippen LogP contribution in [0, 0.1) is 0 Å². The first-order valence-corrected chi connectivity index (χ1v) is 6.26. The molecular formula is C14H9NO2S. The first-order valence-electron chi connectivity index (χ1n) is 5.44. The van der Waals surface area contributed by atoms with E-state index in [1.165, 1.54) is 11.3 Å². The van der Waals surface area contributed by atoms with Crippen LogP contribution < -0.4 is 10.8 Å². The third-order valence-corrected chi connectivity index (χ3v) is 3.96. The van der Waals surface area contributed by atoms with E-state index in [2.05, 4.69) is 5.16 Å². The van der Waals surface area contributed by atoms with Crippen molar-refractivity contribution in [3.63, 3.8) is 0 Å². The van der Waals surface area contributed by atoms with Gasteiger partial charge in [0.25, 0.3) is 0 Å². The molecule has 0 aliphatic heterocycles. The Hall–Kier alpha value is -2.20. The van der Waals surface area contributed by atoms with Crippen molar-refractivity contribution in [1.82, 2.24) is 0 Å². The average Bonchev–Trinajstić information content (AvgIpc) is 2.53. The van der Waals surface area contributed by atoms with Crippen molar-refractivity contribution in [2.45, 2.75) is 0 Å². The molecule has 1 N–H and O–H groups in total. The average molecular weight is 255 g/mol. The molecule has 18 heavy (non-hydrogen) atoms. The molecule has 0 saturated heterocycles. The first-order chi connectivity index (χ1) is 8.81. The third kappa shape index (κ3) is 1.58. The van der Waals surface area contributed by atoms with Crippen LogP contribution in [0.3, 0.4) is 0 Å². The summed E-state index contributed by atoms with van der Waals surface area (Å²) in [6.07, 6.45) is 0. The standard InChI is InChI=1S/C14H9NO2S/c16-14-10-6-2-4-8-12(10)18-11-7-3-1-5-9(11)13(14)15-17/h1-8,17H/b15-13-. The van der Waals surface area contributed by atoms with E-state index in [1.54, 1.807) is 12.1 Å². The molecule has 1 aromatic heterocycles. The van der Waals surface area contributed by atoms with Gasteiger partial charge in [-0.25, -0.2) is 0 Å². The first kappa shape index (κ1) is 10.9. The lowest BCUT2D eigenvalue weighted by molar-refractivity contribution is 0.302. The van der Waals surface area contributed by atoms with E-state index in [1.807, 2.05) is 36.4 Å². The summed E-state index contributed by atoms with van der Waals surface area (Å²) in [5.74, 6) is 0. The molecule has 0 unspecified atom stereocenters. The third-order valence-electron chi connectivity index (χ3n) is 2.81. The summed E-state index contributed by atoms with van der Waals surface area (Å²) in [5, 5.41) is 13.6. The van der Waals surface area contributed by atoms with E-state index >= 15 is 0 Å². The van der Waals surface area contributed by atoms with Gasteiger partial charge in [0.05, 0.1) is 0 Å². The van der Waals surface area contributed by atoms with Gasteiger partial charge in [-0.1, -0.05) is 35.5 Å². The second-order valence-corrected chi connectivity index (χ2v) is 4.96. The fourth-order valence-corrected chi connectivity index (χ4v) is 3.04. The minimum Gasteiger partial charge on any atom is -0.410 e. The van der Waals surface area contributed by atoms with Crippen LogP contribution in [0.25, 0.3) is 20.2 Å². The molecule has 0 saturated carbocycles. The summed E-state index contributed by atoms with van der Waals surface area (Å²) in [4.78, 5) is 12.3. The van der Waals surface area contributed by atoms with E-state index < -0.39 is 0 Å². The summed E-state index contributed by atoms with van der Waals surface area (Å²) in [6.45, 7) is 0. The second-order valence-electron chi connectivity index (χ2n) is 3.87. The van der Waals surface area contributed by atoms with Crippen LogP contribution in [0.4, 0.5) is 0 Å². The maximum absolute atomic E-state index is 12.3. The van der Waals surface area contributed by atoms with E-state index in [0.717, 1.165) is 9.40 Å². The van der Waals surface area contributed by atoms with Crippen molar-refractivity contribution in [3.8, 4) is 0 Å². The molecule has 0 atom stereocenters. The second kappa shape index (κ2) is 4.23. The molecule has 0 amide bonds. The lowest BCUT2D eigenvalue weighted by Gasteiger charge is -1.89. The Balaban J connectivity index is 2.79. The number of hydrogen-bond donors (Lipinski definition) is 1. The Morgan fingerprint density at radius 1 is 0.889 bits per heavy atom. The summed E-state index contributed by atoms with van der Waals surface area (Å²) < 4.78 is 1.80. The van der Waals surface area contributed by atoms with E-state index in [-0.39, 0.29) is 10.8 Å². The predicted molar refractivity (Wildman–Crippen MR) is 73.0 cm³/mol. The highest BCUT2D eigenvalue weighted by molar-refractivity contribution is 7.24. The van der Waals surface area contributed by atoms with Crippen molar-refractivity contribution in [1.29, 1.82) is 0 Å². The van der Waals surface area contributed by atoms with Crippen LogP contribution in [-0.2, 0) is 0 Å². The van der Waals surface area contributed by atoms with E-state index in [9.17, 15) is 4.79 Å². The lowest BCUT2D eigenvalue weighted by Crippen LogP contribution is -2.22. The highest BCUT2D eigenvalue weighted by Gasteiger charge is 2.04. The normalized spacial score (nSPS) is 12.1. The minimum atomic E-state index is -0.245. The molecule has 3 nitrogen and oxygen atoms in total. The molecule has 0 spiro atoms. The molecular weight excluding hydrogens is 246 g/mol. The Labute approximate surface area is 106 Å². The molecule has 0 fully saturated rings. The Morgan fingerprint density at radius 3 is 2.11 bits per heavy atom. The van der Waals surface area contributed by atoms with Crippen molar-refractivity contribution >= 4 is 31.5 Å². The maximum Gasteiger partial charge on any atom is 0.216 e. The van der Waals surface area contributed by atoms with Gasteiger partial charge in [-0.2, -0.15) is 0 Å². The Bertz CT molecular complexity index is 868. The molecule has 3 rings (SSSR count).